The minimum absolute atomic E-state index is 0.859. The second kappa shape index (κ2) is 7.17. The molecule has 0 aromatic rings. The second-order valence-electron chi connectivity index (χ2n) is 4.57. The molecule has 0 aromatic carbocycles. The van der Waals surface area contributed by atoms with Crippen LogP contribution < -0.4 is 0 Å². The number of hydrogen-bond acceptors (Lipinski definition) is 0. The van der Waals surface area contributed by atoms with Crippen LogP contribution in [0.4, 0.5) is 0 Å². The fraction of sp³-hybridized carbons (Fsp3) is 0.846. The van der Waals surface area contributed by atoms with Crippen molar-refractivity contribution < 1.29 is 0 Å². The minimum Gasteiger partial charge on any atom is -0.0887 e. The lowest BCUT2D eigenvalue weighted by atomic mass is 9.90. The predicted octanol–water partition coefficient (Wildman–Crippen LogP) is 4.81. The van der Waals surface area contributed by atoms with E-state index in [1.54, 1.807) is 0 Å². The average molecular weight is 182 g/mol. The normalized spacial score (nSPS) is 17.2. The largest absolute Gasteiger partial charge is 0.0887 e. The van der Waals surface area contributed by atoms with Gasteiger partial charge in [0, 0.05) is 0 Å². The maximum absolute atomic E-state index is 2.38. The molecule has 0 aliphatic rings. The topological polar surface area (TPSA) is 0 Å². The molecule has 2 atom stereocenters. The van der Waals surface area contributed by atoms with Crippen molar-refractivity contribution in [3.05, 3.63) is 11.6 Å². The van der Waals surface area contributed by atoms with Crippen LogP contribution in [0.3, 0.4) is 0 Å². The van der Waals surface area contributed by atoms with Crippen LogP contribution in [-0.2, 0) is 0 Å². The molecule has 0 saturated heterocycles. The van der Waals surface area contributed by atoms with E-state index in [0.717, 1.165) is 11.8 Å². The highest BCUT2D eigenvalue weighted by Gasteiger charge is 2.08. The number of allylic oxidation sites excluding steroid dienone is 2. The summed E-state index contributed by atoms with van der Waals surface area (Å²) in [5, 5.41) is 0. The van der Waals surface area contributed by atoms with E-state index in [1.165, 1.54) is 31.3 Å². The van der Waals surface area contributed by atoms with Crippen LogP contribution in [0, 0.1) is 11.8 Å². The molecule has 0 rings (SSSR count). The third kappa shape index (κ3) is 6.86. The quantitative estimate of drug-likeness (QED) is 0.517. The Balaban J connectivity index is 3.67. The van der Waals surface area contributed by atoms with E-state index in [9.17, 15) is 0 Å². The Morgan fingerprint density at radius 1 is 1.23 bits per heavy atom. The zero-order chi connectivity index (χ0) is 10.3. The van der Waals surface area contributed by atoms with Crippen molar-refractivity contribution in [1.29, 1.82) is 0 Å². The van der Waals surface area contributed by atoms with Gasteiger partial charge in [-0.1, -0.05) is 45.3 Å². The predicted molar refractivity (Wildman–Crippen MR) is 61.9 cm³/mol. The van der Waals surface area contributed by atoms with Crippen LogP contribution in [-0.4, -0.2) is 0 Å². The first-order valence-corrected chi connectivity index (χ1v) is 5.71. The monoisotopic (exact) mass is 182 g/mol. The summed E-state index contributed by atoms with van der Waals surface area (Å²) < 4.78 is 0. The van der Waals surface area contributed by atoms with Gasteiger partial charge in [-0.15, -0.1) is 0 Å². The third-order valence-electron chi connectivity index (χ3n) is 2.75. The molecule has 0 radical (unpaired) electrons. The van der Waals surface area contributed by atoms with Crippen molar-refractivity contribution >= 4 is 0 Å². The van der Waals surface area contributed by atoms with Gasteiger partial charge >= 0.3 is 0 Å². The first kappa shape index (κ1) is 12.7. The highest BCUT2D eigenvalue weighted by Crippen LogP contribution is 2.21. The van der Waals surface area contributed by atoms with Crippen LogP contribution in [0.25, 0.3) is 0 Å². The summed E-state index contributed by atoms with van der Waals surface area (Å²) in [4.78, 5) is 0. The minimum atomic E-state index is 0.859. The van der Waals surface area contributed by atoms with Crippen molar-refractivity contribution in [3.63, 3.8) is 0 Å². The Labute approximate surface area is 84.4 Å². The Hall–Kier alpha value is -0.260. The van der Waals surface area contributed by atoms with Crippen molar-refractivity contribution in [1.82, 2.24) is 0 Å². The molecule has 0 aromatic heterocycles. The van der Waals surface area contributed by atoms with Gasteiger partial charge < -0.3 is 0 Å². The van der Waals surface area contributed by atoms with Crippen LogP contribution in [0.5, 0.6) is 0 Å². The molecular formula is C13H26. The van der Waals surface area contributed by atoms with Crippen LogP contribution in [0.15, 0.2) is 11.6 Å². The lowest BCUT2D eigenvalue weighted by Crippen LogP contribution is -2.03. The fourth-order valence-corrected chi connectivity index (χ4v) is 2.05. The van der Waals surface area contributed by atoms with Crippen molar-refractivity contribution in [2.75, 3.05) is 0 Å². The van der Waals surface area contributed by atoms with Gasteiger partial charge in [0.15, 0.2) is 0 Å². The van der Waals surface area contributed by atoms with Gasteiger partial charge in [0.2, 0.25) is 0 Å². The van der Waals surface area contributed by atoms with Gasteiger partial charge in [-0.25, -0.2) is 0 Å². The van der Waals surface area contributed by atoms with Gasteiger partial charge in [-0.2, -0.15) is 0 Å². The lowest BCUT2D eigenvalue weighted by molar-refractivity contribution is 0.389. The molecule has 0 heterocycles. The van der Waals surface area contributed by atoms with Gasteiger partial charge in [0.05, 0.1) is 0 Å². The molecule has 13 heavy (non-hydrogen) atoms. The Bertz CT molecular complexity index is 144. The SMILES string of the molecule is CC=C(C)CC(C)CC(C)CCC. The summed E-state index contributed by atoms with van der Waals surface area (Å²) >= 11 is 0. The van der Waals surface area contributed by atoms with Crippen LogP contribution >= 0.6 is 0 Å². The third-order valence-corrected chi connectivity index (χ3v) is 2.75. The Morgan fingerprint density at radius 3 is 2.31 bits per heavy atom. The van der Waals surface area contributed by atoms with E-state index >= 15 is 0 Å². The molecule has 78 valence electrons. The Morgan fingerprint density at radius 2 is 1.85 bits per heavy atom. The van der Waals surface area contributed by atoms with E-state index in [2.05, 4.69) is 40.7 Å². The second-order valence-corrected chi connectivity index (χ2v) is 4.57. The van der Waals surface area contributed by atoms with E-state index in [4.69, 9.17) is 0 Å². The van der Waals surface area contributed by atoms with Gasteiger partial charge in [0.25, 0.3) is 0 Å². The van der Waals surface area contributed by atoms with Crippen molar-refractivity contribution in [2.45, 2.75) is 60.3 Å². The Kier molecular flexibility index (Phi) is 7.03. The van der Waals surface area contributed by atoms with E-state index < -0.39 is 0 Å². The molecule has 0 amide bonds. The molecule has 0 spiro atoms. The number of rotatable bonds is 6. The summed E-state index contributed by atoms with van der Waals surface area (Å²) in [6.45, 7) is 11.4. The summed E-state index contributed by atoms with van der Waals surface area (Å²) in [7, 11) is 0. The zero-order valence-corrected chi connectivity index (χ0v) is 10.1. The maximum Gasteiger partial charge on any atom is -0.0297 e. The molecule has 0 fully saturated rings. The van der Waals surface area contributed by atoms with Gasteiger partial charge in [0.1, 0.15) is 0 Å². The first-order chi connectivity index (χ1) is 6.10. The maximum atomic E-state index is 2.38. The summed E-state index contributed by atoms with van der Waals surface area (Å²) in [6.07, 6.45) is 7.63. The standard InChI is InChI=1S/C13H26/c1-6-8-12(4)10-13(5)9-11(3)7-2/h7,12-13H,6,8-10H2,1-5H3. The van der Waals surface area contributed by atoms with Crippen LogP contribution in [0.1, 0.15) is 60.3 Å². The van der Waals surface area contributed by atoms with Crippen LogP contribution in [0.2, 0.25) is 0 Å². The molecule has 2 unspecified atom stereocenters. The highest BCUT2D eigenvalue weighted by atomic mass is 14.1. The molecule has 0 aliphatic carbocycles. The lowest BCUT2D eigenvalue weighted by Gasteiger charge is -2.16. The summed E-state index contributed by atoms with van der Waals surface area (Å²) in [5.74, 6) is 1.77. The molecular weight excluding hydrogens is 156 g/mol. The van der Waals surface area contributed by atoms with Crippen molar-refractivity contribution in [3.8, 4) is 0 Å². The van der Waals surface area contributed by atoms with Crippen molar-refractivity contribution in [2.24, 2.45) is 11.8 Å². The van der Waals surface area contributed by atoms with E-state index in [1.807, 2.05) is 0 Å². The molecule has 0 aliphatic heterocycles. The smallest absolute Gasteiger partial charge is 0.0297 e. The highest BCUT2D eigenvalue weighted by molar-refractivity contribution is 4.96. The number of hydrogen-bond donors (Lipinski definition) is 0. The first-order valence-electron chi connectivity index (χ1n) is 5.71. The molecule has 0 saturated carbocycles. The van der Waals surface area contributed by atoms with Gasteiger partial charge in [-0.3, -0.25) is 0 Å². The van der Waals surface area contributed by atoms with E-state index in [0.29, 0.717) is 0 Å². The van der Waals surface area contributed by atoms with E-state index in [-0.39, 0.29) is 0 Å². The molecule has 0 bridgehead atoms. The van der Waals surface area contributed by atoms with Gasteiger partial charge in [-0.05, 0) is 38.5 Å². The molecule has 0 N–H and O–H groups in total. The summed E-state index contributed by atoms with van der Waals surface area (Å²) in [6, 6.07) is 0. The zero-order valence-electron chi connectivity index (χ0n) is 10.1. The molecule has 0 nitrogen and oxygen atoms in total. The fourth-order valence-electron chi connectivity index (χ4n) is 2.05. The molecule has 0 heteroatoms. The summed E-state index contributed by atoms with van der Waals surface area (Å²) in [5.41, 5.74) is 1.54. The average Bonchev–Trinajstić information content (AvgIpc) is 2.04.